The van der Waals surface area contributed by atoms with E-state index in [9.17, 15) is 4.79 Å². The van der Waals surface area contributed by atoms with Gasteiger partial charge in [-0.25, -0.2) is 0 Å². The molecule has 0 aliphatic heterocycles. The summed E-state index contributed by atoms with van der Waals surface area (Å²) in [6.07, 6.45) is 7.64. The first-order chi connectivity index (χ1) is 8.13. The van der Waals surface area contributed by atoms with Gasteiger partial charge in [-0.1, -0.05) is 23.2 Å². The molecule has 4 heteroatoms. The van der Waals surface area contributed by atoms with E-state index in [4.69, 9.17) is 29.6 Å². The van der Waals surface area contributed by atoms with Crippen molar-refractivity contribution in [1.82, 2.24) is 5.32 Å². The summed E-state index contributed by atoms with van der Waals surface area (Å²) < 4.78 is 0. The molecule has 0 atom stereocenters. The topological polar surface area (TPSA) is 29.1 Å². The predicted molar refractivity (Wildman–Crippen MR) is 71.5 cm³/mol. The van der Waals surface area contributed by atoms with Crippen molar-refractivity contribution in [3.05, 3.63) is 33.8 Å². The van der Waals surface area contributed by atoms with Gasteiger partial charge in [0.05, 0.1) is 0 Å². The SMILES string of the molecule is C#CCCCCNC(=O)c1cc(Cl)cc(Cl)c1. The fourth-order valence-electron chi connectivity index (χ4n) is 1.34. The molecule has 2 nitrogen and oxygen atoms in total. The molecule has 1 aromatic rings. The zero-order valence-corrected chi connectivity index (χ0v) is 10.8. The maximum atomic E-state index is 11.7. The van der Waals surface area contributed by atoms with Crippen molar-refractivity contribution in [2.24, 2.45) is 0 Å². The maximum absolute atomic E-state index is 11.7. The zero-order chi connectivity index (χ0) is 12.7. The van der Waals surface area contributed by atoms with Crippen LogP contribution in [0.25, 0.3) is 0 Å². The van der Waals surface area contributed by atoms with Crippen LogP contribution in [0.3, 0.4) is 0 Å². The third-order valence-corrected chi connectivity index (χ3v) is 2.59. The first-order valence-electron chi connectivity index (χ1n) is 5.31. The molecule has 0 unspecified atom stereocenters. The standard InChI is InChI=1S/C13H13Cl2NO/c1-2-3-4-5-6-16-13(17)10-7-11(14)9-12(15)8-10/h1,7-9H,3-6H2,(H,16,17). The van der Waals surface area contributed by atoms with Gasteiger partial charge >= 0.3 is 0 Å². The van der Waals surface area contributed by atoms with Crippen molar-refractivity contribution >= 4 is 29.1 Å². The highest BCUT2D eigenvalue weighted by Crippen LogP contribution is 2.18. The average molecular weight is 270 g/mol. The second-order valence-electron chi connectivity index (χ2n) is 3.58. The normalized spacial score (nSPS) is 9.71. The molecule has 0 aliphatic carbocycles. The lowest BCUT2D eigenvalue weighted by atomic mass is 10.2. The molecule has 0 aliphatic rings. The quantitative estimate of drug-likeness (QED) is 0.643. The molecule has 0 saturated carbocycles. The minimum absolute atomic E-state index is 0.171. The highest BCUT2D eigenvalue weighted by atomic mass is 35.5. The number of unbranched alkanes of at least 4 members (excludes halogenated alkanes) is 2. The molecule has 0 bridgehead atoms. The first-order valence-corrected chi connectivity index (χ1v) is 6.07. The summed E-state index contributed by atoms with van der Waals surface area (Å²) in [5, 5.41) is 3.69. The molecule has 0 aromatic heterocycles. The fourth-order valence-corrected chi connectivity index (χ4v) is 1.87. The van der Waals surface area contributed by atoms with Gasteiger partial charge in [0, 0.05) is 28.6 Å². The number of carbonyl (C=O) groups excluding carboxylic acids is 1. The van der Waals surface area contributed by atoms with E-state index in [-0.39, 0.29) is 5.91 Å². The van der Waals surface area contributed by atoms with Gasteiger partial charge in [0.15, 0.2) is 0 Å². The Morgan fingerprint density at radius 1 is 1.24 bits per heavy atom. The molecule has 0 heterocycles. The number of rotatable bonds is 5. The zero-order valence-electron chi connectivity index (χ0n) is 9.30. The van der Waals surface area contributed by atoms with Crippen LogP contribution in [-0.2, 0) is 0 Å². The number of hydrogen-bond acceptors (Lipinski definition) is 1. The molecule has 1 amide bonds. The monoisotopic (exact) mass is 269 g/mol. The molecule has 90 valence electrons. The van der Waals surface area contributed by atoms with Gasteiger partial charge in [-0.05, 0) is 31.0 Å². The Hall–Kier alpha value is -1.17. The van der Waals surface area contributed by atoms with Crippen LogP contribution in [0.4, 0.5) is 0 Å². The van der Waals surface area contributed by atoms with Crippen molar-refractivity contribution in [3.63, 3.8) is 0 Å². The van der Waals surface area contributed by atoms with Crippen LogP contribution < -0.4 is 5.32 Å². The Labute approximate surface area is 111 Å². The van der Waals surface area contributed by atoms with Crippen LogP contribution in [0, 0.1) is 12.3 Å². The Morgan fingerprint density at radius 3 is 2.47 bits per heavy atom. The average Bonchev–Trinajstić information content (AvgIpc) is 2.27. The van der Waals surface area contributed by atoms with Crippen LogP contribution >= 0.6 is 23.2 Å². The second-order valence-corrected chi connectivity index (χ2v) is 4.45. The van der Waals surface area contributed by atoms with Gasteiger partial charge in [0.1, 0.15) is 0 Å². The molecule has 0 spiro atoms. The number of halogens is 2. The van der Waals surface area contributed by atoms with E-state index in [1.165, 1.54) is 0 Å². The van der Waals surface area contributed by atoms with E-state index >= 15 is 0 Å². The van der Waals surface area contributed by atoms with E-state index in [2.05, 4.69) is 11.2 Å². The molecule has 1 rings (SSSR count). The van der Waals surface area contributed by atoms with Crippen molar-refractivity contribution in [2.45, 2.75) is 19.3 Å². The van der Waals surface area contributed by atoms with Crippen LogP contribution in [0.2, 0.25) is 10.0 Å². The number of benzene rings is 1. The highest BCUT2D eigenvalue weighted by molar-refractivity contribution is 6.35. The largest absolute Gasteiger partial charge is 0.352 e. The smallest absolute Gasteiger partial charge is 0.251 e. The molecule has 1 aromatic carbocycles. The molecule has 17 heavy (non-hydrogen) atoms. The first kappa shape index (κ1) is 13.9. The summed E-state index contributed by atoms with van der Waals surface area (Å²) in [5.74, 6) is 2.38. The number of terminal acetylenes is 1. The van der Waals surface area contributed by atoms with E-state index in [1.807, 2.05) is 0 Å². The lowest BCUT2D eigenvalue weighted by molar-refractivity contribution is 0.0953. The molecule has 0 saturated heterocycles. The molecular formula is C13H13Cl2NO. The van der Waals surface area contributed by atoms with Gasteiger partial charge in [0.2, 0.25) is 0 Å². The lowest BCUT2D eigenvalue weighted by Crippen LogP contribution is -2.24. The van der Waals surface area contributed by atoms with Crippen molar-refractivity contribution < 1.29 is 4.79 Å². The summed E-state index contributed by atoms with van der Waals surface area (Å²) >= 11 is 11.6. The highest BCUT2D eigenvalue weighted by Gasteiger charge is 2.06. The Kier molecular flexibility index (Phi) is 5.90. The number of hydrogen-bond donors (Lipinski definition) is 1. The van der Waals surface area contributed by atoms with Gasteiger partial charge in [-0.15, -0.1) is 12.3 Å². The Balaban J connectivity index is 2.44. The number of amides is 1. The summed E-state index contributed by atoms with van der Waals surface area (Å²) in [6, 6.07) is 4.77. The summed E-state index contributed by atoms with van der Waals surface area (Å²) in [4.78, 5) is 11.7. The molecular weight excluding hydrogens is 257 g/mol. The van der Waals surface area contributed by atoms with Crippen LogP contribution in [-0.4, -0.2) is 12.5 Å². The molecule has 1 N–H and O–H groups in total. The molecule has 0 radical (unpaired) electrons. The molecule has 0 fully saturated rings. The van der Waals surface area contributed by atoms with Gasteiger partial charge in [-0.2, -0.15) is 0 Å². The second kappa shape index (κ2) is 7.21. The van der Waals surface area contributed by atoms with E-state index in [0.717, 1.165) is 19.3 Å². The van der Waals surface area contributed by atoms with E-state index in [0.29, 0.717) is 22.2 Å². The third kappa shape index (κ3) is 5.12. The van der Waals surface area contributed by atoms with Crippen LogP contribution in [0.1, 0.15) is 29.6 Å². The lowest BCUT2D eigenvalue weighted by Gasteiger charge is -2.05. The van der Waals surface area contributed by atoms with Crippen molar-refractivity contribution in [2.75, 3.05) is 6.54 Å². The Bertz CT molecular complexity index is 417. The maximum Gasteiger partial charge on any atom is 0.251 e. The third-order valence-electron chi connectivity index (χ3n) is 2.16. The van der Waals surface area contributed by atoms with Gasteiger partial charge in [-0.3, -0.25) is 4.79 Å². The minimum Gasteiger partial charge on any atom is -0.352 e. The van der Waals surface area contributed by atoms with Crippen LogP contribution in [0.5, 0.6) is 0 Å². The Morgan fingerprint density at radius 2 is 1.88 bits per heavy atom. The van der Waals surface area contributed by atoms with Crippen molar-refractivity contribution in [1.29, 1.82) is 0 Å². The summed E-state index contributed by atoms with van der Waals surface area (Å²) in [7, 11) is 0. The van der Waals surface area contributed by atoms with E-state index in [1.54, 1.807) is 18.2 Å². The van der Waals surface area contributed by atoms with Crippen molar-refractivity contribution in [3.8, 4) is 12.3 Å². The minimum atomic E-state index is -0.171. The number of carbonyl (C=O) groups is 1. The van der Waals surface area contributed by atoms with Gasteiger partial charge < -0.3 is 5.32 Å². The van der Waals surface area contributed by atoms with Crippen LogP contribution in [0.15, 0.2) is 18.2 Å². The fraction of sp³-hybridized carbons (Fsp3) is 0.308. The summed E-state index contributed by atoms with van der Waals surface area (Å²) in [5.41, 5.74) is 0.472. The summed E-state index contributed by atoms with van der Waals surface area (Å²) in [6.45, 7) is 0.602. The van der Waals surface area contributed by atoms with E-state index < -0.39 is 0 Å². The van der Waals surface area contributed by atoms with Gasteiger partial charge in [0.25, 0.3) is 5.91 Å². The number of nitrogens with one attached hydrogen (secondary N) is 1. The predicted octanol–water partition coefficient (Wildman–Crippen LogP) is 3.53.